The van der Waals surface area contributed by atoms with Gasteiger partial charge in [-0.2, -0.15) is 0 Å². The lowest BCUT2D eigenvalue weighted by atomic mass is 10.1. The minimum atomic E-state index is -0.128. The third-order valence-corrected chi connectivity index (χ3v) is 4.09. The fraction of sp³-hybridized carbons (Fsp3) is 0.571. The van der Waals surface area contributed by atoms with E-state index in [-0.39, 0.29) is 5.91 Å². The summed E-state index contributed by atoms with van der Waals surface area (Å²) >= 11 is 0. The van der Waals surface area contributed by atoms with Crippen LogP contribution in [0.15, 0.2) is 18.3 Å². The molecule has 2 aliphatic heterocycles. The molecule has 19 heavy (non-hydrogen) atoms. The summed E-state index contributed by atoms with van der Waals surface area (Å²) < 4.78 is 0. The molecular weight excluding hydrogens is 240 g/mol. The molecule has 0 aromatic carbocycles. The third kappa shape index (κ3) is 2.56. The normalized spacial score (nSPS) is 26.1. The van der Waals surface area contributed by atoms with Crippen LogP contribution in [0.2, 0.25) is 0 Å². The number of fused-ring (bicyclic) bond motifs is 2. The predicted octanol–water partition coefficient (Wildman–Crippen LogP) is 0.772. The van der Waals surface area contributed by atoms with Gasteiger partial charge in [0.05, 0.1) is 0 Å². The number of pyridine rings is 1. The van der Waals surface area contributed by atoms with Gasteiger partial charge in [0.15, 0.2) is 0 Å². The van der Waals surface area contributed by atoms with E-state index >= 15 is 0 Å². The first-order valence-corrected chi connectivity index (χ1v) is 6.95. The lowest BCUT2D eigenvalue weighted by Gasteiger charge is -2.26. The van der Waals surface area contributed by atoms with Gasteiger partial charge in [-0.15, -0.1) is 0 Å². The fourth-order valence-electron chi connectivity index (χ4n) is 3.05. The van der Waals surface area contributed by atoms with E-state index in [1.807, 2.05) is 12.1 Å². The Morgan fingerprint density at radius 1 is 1.42 bits per heavy atom. The first-order valence-electron chi connectivity index (χ1n) is 6.95. The van der Waals surface area contributed by atoms with Crippen molar-refractivity contribution in [3.05, 3.63) is 24.0 Å². The molecule has 0 aliphatic carbocycles. The maximum atomic E-state index is 11.6. The fourth-order valence-corrected chi connectivity index (χ4v) is 3.05. The van der Waals surface area contributed by atoms with E-state index in [2.05, 4.69) is 20.5 Å². The van der Waals surface area contributed by atoms with Crippen molar-refractivity contribution in [2.45, 2.75) is 31.3 Å². The lowest BCUT2D eigenvalue weighted by molar-refractivity contribution is 0.0958. The van der Waals surface area contributed by atoms with Gasteiger partial charge in [-0.05, 0) is 31.4 Å². The average Bonchev–Trinajstić information content (AvgIpc) is 2.77. The number of anilines is 1. The summed E-state index contributed by atoms with van der Waals surface area (Å²) in [7, 11) is 1.63. The Bertz CT molecular complexity index is 476. The standard InChI is InChI=1S/C14H20N4O/c1-15-14(19)13-8-12(4-6-16-13)18-7-5-10-2-3-11(9-18)17-10/h4,6,8,10-11,17H,2-3,5,7,9H2,1H3,(H,15,19). The molecule has 0 radical (unpaired) electrons. The maximum absolute atomic E-state index is 11.6. The molecule has 1 amide bonds. The molecule has 5 heteroatoms. The molecule has 2 fully saturated rings. The van der Waals surface area contributed by atoms with Crippen LogP contribution in [-0.4, -0.2) is 43.1 Å². The SMILES string of the molecule is CNC(=O)c1cc(N2CCC3CCC(C2)N3)ccn1. The van der Waals surface area contributed by atoms with Crippen molar-refractivity contribution in [2.75, 3.05) is 25.0 Å². The number of hydrogen-bond acceptors (Lipinski definition) is 4. The van der Waals surface area contributed by atoms with Crippen LogP contribution in [-0.2, 0) is 0 Å². The highest BCUT2D eigenvalue weighted by atomic mass is 16.1. The van der Waals surface area contributed by atoms with Crippen molar-refractivity contribution in [1.29, 1.82) is 0 Å². The second-order valence-corrected chi connectivity index (χ2v) is 5.35. The zero-order valence-corrected chi connectivity index (χ0v) is 11.2. The maximum Gasteiger partial charge on any atom is 0.269 e. The van der Waals surface area contributed by atoms with Crippen molar-refractivity contribution in [3.63, 3.8) is 0 Å². The molecule has 1 aromatic rings. The van der Waals surface area contributed by atoms with E-state index in [4.69, 9.17) is 0 Å². The number of carbonyl (C=O) groups is 1. The largest absolute Gasteiger partial charge is 0.370 e. The molecule has 3 rings (SSSR count). The van der Waals surface area contributed by atoms with Crippen LogP contribution in [0.3, 0.4) is 0 Å². The topological polar surface area (TPSA) is 57.3 Å². The van der Waals surface area contributed by atoms with Gasteiger partial charge in [-0.1, -0.05) is 0 Å². The van der Waals surface area contributed by atoms with Gasteiger partial charge in [0, 0.05) is 44.1 Å². The Labute approximate surface area is 113 Å². The minimum Gasteiger partial charge on any atom is -0.370 e. The van der Waals surface area contributed by atoms with Crippen LogP contribution in [0.4, 0.5) is 5.69 Å². The van der Waals surface area contributed by atoms with E-state index in [1.54, 1.807) is 13.2 Å². The number of amides is 1. The first-order chi connectivity index (χ1) is 9.26. The molecule has 2 unspecified atom stereocenters. The zero-order chi connectivity index (χ0) is 13.2. The van der Waals surface area contributed by atoms with Gasteiger partial charge < -0.3 is 15.5 Å². The third-order valence-electron chi connectivity index (χ3n) is 4.09. The zero-order valence-electron chi connectivity index (χ0n) is 11.2. The molecule has 3 heterocycles. The monoisotopic (exact) mass is 260 g/mol. The molecule has 2 N–H and O–H groups in total. The Hall–Kier alpha value is -1.62. The van der Waals surface area contributed by atoms with Gasteiger partial charge in [0.1, 0.15) is 5.69 Å². The molecule has 1 aromatic heterocycles. The van der Waals surface area contributed by atoms with E-state index in [0.717, 1.165) is 18.8 Å². The first kappa shape index (κ1) is 12.4. The molecule has 102 valence electrons. The number of nitrogens with one attached hydrogen (secondary N) is 2. The summed E-state index contributed by atoms with van der Waals surface area (Å²) in [5.41, 5.74) is 1.59. The van der Waals surface area contributed by atoms with Crippen molar-refractivity contribution in [1.82, 2.24) is 15.6 Å². The second kappa shape index (κ2) is 5.17. The van der Waals surface area contributed by atoms with Crippen LogP contribution in [0.1, 0.15) is 29.8 Å². The molecule has 2 bridgehead atoms. The van der Waals surface area contributed by atoms with Crippen molar-refractivity contribution in [2.24, 2.45) is 0 Å². The van der Waals surface area contributed by atoms with Crippen LogP contribution < -0.4 is 15.5 Å². The summed E-state index contributed by atoms with van der Waals surface area (Å²) in [5, 5.41) is 6.28. The molecule has 0 saturated carbocycles. The van der Waals surface area contributed by atoms with Crippen molar-refractivity contribution < 1.29 is 4.79 Å². The van der Waals surface area contributed by atoms with Gasteiger partial charge in [-0.3, -0.25) is 9.78 Å². The van der Waals surface area contributed by atoms with E-state index in [9.17, 15) is 4.79 Å². The summed E-state index contributed by atoms with van der Waals surface area (Å²) in [6, 6.07) is 5.14. The average molecular weight is 260 g/mol. The highest BCUT2D eigenvalue weighted by Gasteiger charge is 2.29. The quantitative estimate of drug-likeness (QED) is 0.825. The van der Waals surface area contributed by atoms with Crippen LogP contribution >= 0.6 is 0 Å². The van der Waals surface area contributed by atoms with E-state index in [0.29, 0.717) is 17.8 Å². The molecular formula is C14H20N4O. The number of hydrogen-bond donors (Lipinski definition) is 2. The Kier molecular flexibility index (Phi) is 3.38. The van der Waals surface area contributed by atoms with Gasteiger partial charge in [0.25, 0.3) is 5.91 Å². The molecule has 0 spiro atoms. The van der Waals surface area contributed by atoms with Crippen molar-refractivity contribution in [3.8, 4) is 0 Å². The second-order valence-electron chi connectivity index (χ2n) is 5.35. The summed E-state index contributed by atoms with van der Waals surface area (Å²) in [5.74, 6) is -0.128. The predicted molar refractivity (Wildman–Crippen MR) is 74.4 cm³/mol. The summed E-state index contributed by atoms with van der Waals surface area (Å²) in [6.45, 7) is 2.07. The van der Waals surface area contributed by atoms with Gasteiger partial charge in [0.2, 0.25) is 0 Å². The van der Waals surface area contributed by atoms with Crippen LogP contribution in [0, 0.1) is 0 Å². The highest BCUT2D eigenvalue weighted by Crippen LogP contribution is 2.24. The lowest BCUT2D eigenvalue weighted by Crippen LogP contribution is -2.35. The number of aromatic nitrogens is 1. The summed E-state index contributed by atoms with van der Waals surface area (Å²) in [4.78, 5) is 18.1. The molecule has 2 saturated heterocycles. The number of carbonyl (C=O) groups excluding carboxylic acids is 1. The molecule has 2 atom stereocenters. The smallest absolute Gasteiger partial charge is 0.269 e. The van der Waals surface area contributed by atoms with Gasteiger partial charge in [-0.25, -0.2) is 0 Å². The van der Waals surface area contributed by atoms with E-state index < -0.39 is 0 Å². The van der Waals surface area contributed by atoms with E-state index in [1.165, 1.54) is 19.3 Å². The Morgan fingerprint density at radius 3 is 3.11 bits per heavy atom. The molecule has 5 nitrogen and oxygen atoms in total. The molecule has 2 aliphatic rings. The van der Waals surface area contributed by atoms with Gasteiger partial charge >= 0.3 is 0 Å². The summed E-state index contributed by atoms with van der Waals surface area (Å²) in [6.07, 6.45) is 5.46. The van der Waals surface area contributed by atoms with Crippen LogP contribution in [0.25, 0.3) is 0 Å². The number of nitrogens with zero attached hydrogens (tertiary/aromatic N) is 2. The number of rotatable bonds is 2. The highest BCUT2D eigenvalue weighted by molar-refractivity contribution is 5.92. The van der Waals surface area contributed by atoms with Crippen molar-refractivity contribution >= 4 is 11.6 Å². The minimum absolute atomic E-state index is 0.128. The Balaban J connectivity index is 1.79. The van der Waals surface area contributed by atoms with Crippen LogP contribution in [0.5, 0.6) is 0 Å². The Morgan fingerprint density at radius 2 is 2.26 bits per heavy atom.